The van der Waals surface area contributed by atoms with Crippen LogP contribution in [0, 0.1) is 11.7 Å². The number of carbonyl (C=O) groups excluding carboxylic acids is 1. The molecule has 1 N–H and O–H groups in total. The van der Waals surface area contributed by atoms with E-state index < -0.39 is 34.0 Å². The average Bonchev–Trinajstić information content (AvgIpc) is 3.46. The molecule has 2 saturated carbocycles. The van der Waals surface area contributed by atoms with Crippen molar-refractivity contribution in [3.05, 3.63) is 24.0 Å². The number of nitrogens with one attached hydrogen (secondary N) is 1. The molecule has 1 amide bonds. The standard InChI is InChI=1S/C22H33FN4O5S/c1-14(2)32-21(28)27-8-4-5-18(26-33(3,29)30)19(27)13-31-17-6-7-22(10-15(22)9-17)20-24-11-16(23)12-25-20/h11-12,14-15,17-19,26H,4-10,13H2,1-3H3/t15-,17+,18+,19+,22-/m1/s1. The second kappa shape index (κ2) is 9.42. The summed E-state index contributed by atoms with van der Waals surface area (Å²) < 4.78 is 51.4. The van der Waals surface area contributed by atoms with Crippen LogP contribution >= 0.6 is 0 Å². The summed E-state index contributed by atoms with van der Waals surface area (Å²) in [6.45, 7) is 4.31. The van der Waals surface area contributed by atoms with Gasteiger partial charge in [0, 0.05) is 18.0 Å². The molecule has 11 heteroatoms. The first-order chi connectivity index (χ1) is 15.6. The maximum absolute atomic E-state index is 13.2. The molecule has 0 radical (unpaired) electrons. The molecular formula is C22H33FN4O5S. The largest absolute Gasteiger partial charge is 0.447 e. The fourth-order valence-corrected chi connectivity index (χ4v) is 6.19. The Morgan fingerprint density at radius 2 is 2.06 bits per heavy atom. The SMILES string of the molecule is CC(C)OC(=O)N1CCC[C@H](NS(C)(=O)=O)[C@@H]1CO[C@H]1CC[C@@]2(c3ncc(F)cn3)C[C@H]2C1. The topological polar surface area (TPSA) is 111 Å². The van der Waals surface area contributed by atoms with Crippen molar-refractivity contribution in [1.29, 1.82) is 0 Å². The van der Waals surface area contributed by atoms with Crippen LogP contribution in [0.5, 0.6) is 0 Å². The predicted molar refractivity (Wildman–Crippen MR) is 118 cm³/mol. The van der Waals surface area contributed by atoms with Crippen molar-refractivity contribution < 1.29 is 27.1 Å². The zero-order valence-electron chi connectivity index (χ0n) is 19.4. The monoisotopic (exact) mass is 484 g/mol. The zero-order chi connectivity index (χ0) is 23.8. The normalized spacial score (nSPS) is 31.8. The quantitative estimate of drug-likeness (QED) is 0.633. The summed E-state index contributed by atoms with van der Waals surface area (Å²) in [5.41, 5.74) is -0.0775. The molecule has 1 aromatic rings. The number of fused-ring (bicyclic) bond motifs is 1. The molecule has 33 heavy (non-hydrogen) atoms. The molecule has 0 unspecified atom stereocenters. The first-order valence-electron chi connectivity index (χ1n) is 11.6. The molecule has 0 aromatic carbocycles. The summed E-state index contributed by atoms with van der Waals surface area (Å²) in [6.07, 6.45) is 7.66. The number of carbonyl (C=O) groups is 1. The summed E-state index contributed by atoms with van der Waals surface area (Å²) in [5, 5.41) is 0. The number of rotatable bonds is 7. The van der Waals surface area contributed by atoms with Crippen LogP contribution in [0.2, 0.25) is 0 Å². The highest BCUT2D eigenvalue weighted by Crippen LogP contribution is 2.61. The number of hydrogen-bond donors (Lipinski definition) is 1. The van der Waals surface area contributed by atoms with E-state index in [9.17, 15) is 17.6 Å². The predicted octanol–water partition coefficient (Wildman–Crippen LogP) is 2.37. The number of halogens is 1. The van der Waals surface area contributed by atoms with E-state index in [0.29, 0.717) is 31.1 Å². The Hall–Kier alpha value is -1.85. The third-order valence-electron chi connectivity index (χ3n) is 6.98. The number of sulfonamides is 1. The Kier molecular flexibility index (Phi) is 6.93. The van der Waals surface area contributed by atoms with Crippen LogP contribution in [0.4, 0.5) is 9.18 Å². The summed E-state index contributed by atoms with van der Waals surface area (Å²) >= 11 is 0. The molecule has 1 aromatic heterocycles. The van der Waals surface area contributed by atoms with E-state index in [2.05, 4.69) is 14.7 Å². The molecular weight excluding hydrogens is 451 g/mol. The lowest BCUT2D eigenvalue weighted by Crippen LogP contribution is -2.59. The molecule has 3 fully saturated rings. The Balaban J connectivity index is 1.39. The van der Waals surface area contributed by atoms with Crippen molar-refractivity contribution in [1.82, 2.24) is 19.6 Å². The van der Waals surface area contributed by atoms with Gasteiger partial charge in [0.05, 0.1) is 43.5 Å². The highest BCUT2D eigenvalue weighted by molar-refractivity contribution is 7.88. The van der Waals surface area contributed by atoms with E-state index in [0.717, 1.165) is 31.9 Å². The van der Waals surface area contributed by atoms with Crippen LogP contribution in [0.3, 0.4) is 0 Å². The molecule has 4 rings (SSSR count). The van der Waals surface area contributed by atoms with Crippen molar-refractivity contribution in [2.24, 2.45) is 5.92 Å². The minimum Gasteiger partial charge on any atom is -0.447 e. The molecule has 1 aliphatic heterocycles. The second-order valence-electron chi connectivity index (χ2n) is 9.84. The molecule has 9 nitrogen and oxygen atoms in total. The Labute approximate surface area is 194 Å². The van der Waals surface area contributed by atoms with Gasteiger partial charge in [-0.3, -0.25) is 0 Å². The maximum Gasteiger partial charge on any atom is 0.410 e. The van der Waals surface area contributed by atoms with Gasteiger partial charge in [0.15, 0.2) is 5.82 Å². The average molecular weight is 485 g/mol. The van der Waals surface area contributed by atoms with Gasteiger partial charge in [-0.1, -0.05) is 0 Å². The number of nitrogens with zero attached hydrogens (tertiary/aromatic N) is 3. The van der Waals surface area contributed by atoms with Crippen molar-refractivity contribution in [3.8, 4) is 0 Å². The Bertz CT molecular complexity index is 960. The summed E-state index contributed by atoms with van der Waals surface area (Å²) in [6, 6.07) is -0.865. The van der Waals surface area contributed by atoms with Crippen LogP contribution in [0.25, 0.3) is 0 Å². The molecule has 5 atom stereocenters. The maximum atomic E-state index is 13.2. The minimum atomic E-state index is -3.44. The van der Waals surface area contributed by atoms with Gasteiger partial charge in [0.1, 0.15) is 5.82 Å². The van der Waals surface area contributed by atoms with E-state index in [1.54, 1.807) is 18.7 Å². The van der Waals surface area contributed by atoms with Crippen LogP contribution < -0.4 is 4.72 Å². The molecule has 0 spiro atoms. The highest BCUT2D eigenvalue weighted by Gasteiger charge is 2.60. The molecule has 0 bridgehead atoms. The number of likely N-dealkylation sites (tertiary alicyclic amines) is 1. The fourth-order valence-electron chi connectivity index (χ4n) is 5.36. The first kappa shape index (κ1) is 24.3. The fraction of sp³-hybridized carbons (Fsp3) is 0.773. The number of ether oxygens (including phenoxy) is 2. The number of amides is 1. The Morgan fingerprint density at radius 3 is 2.70 bits per heavy atom. The Morgan fingerprint density at radius 1 is 1.33 bits per heavy atom. The molecule has 1 saturated heterocycles. The third kappa shape index (κ3) is 5.63. The van der Waals surface area contributed by atoms with Gasteiger partial charge < -0.3 is 14.4 Å². The first-order valence-corrected chi connectivity index (χ1v) is 13.5. The molecule has 184 valence electrons. The number of aromatic nitrogens is 2. The number of piperidine rings is 1. The molecule has 2 heterocycles. The zero-order valence-corrected chi connectivity index (χ0v) is 20.2. The number of hydrogen-bond acceptors (Lipinski definition) is 7. The van der Waals surface area contributed by atoms with Crippen LogP contribution in [-0.2, 0) is 24.9 Å². The van der Waals surface area contributed by atoms with Gasteiger partial charge in [-0.05, 0) is 58.3 Å². The lowest BCUT2D eigenvalue weighted by atomic mass is 9.86. The van der Waals surface area contributed by atoms with Crippen molar-refractivity contribution in [2.75, 3.05) is 19.4 Å². The van der Waals surface area contributed by atoms with E-state index in [1.807, 2.05) is 0 Å². The van der Waals surface area contributed by atoms with Crippen LogP contribution in [0.1, 0.15) is 58.2 Å². The second-order valence-corrected chi connectivity index (χ2v) is 11.6. The van der Waals surface area contributed by atoms with Gasteiger partial charge in [-0.15, -0.1) is 0 Å². The summed E-state index contributed by atoms with van der Waals surface area (Å²) in [7, 11) is -3.44. The smallest absolute Gasteiger partial charge is 0.410 e. The molecule has 3 aliphatic rings. The van der Waals surface area contributed by atoms with E-state index in [-0.39, 0.29) is 24.2 Å². The van der Waals surface area contributed by atoms with E-state index in [4.69, 9.17) is 9.47 Å². The summed E-state index contributed by atoms with van der Waals surface area (Å²) in [5.74, 6) is 0.661. The lowest BCUT2D eigenvalue weighted by Gasteiger charge is -2.41. The third-order valence-corrected chi connectivity index (χ3v) is 7.71. The van der Waals surface area contributed by atoms with E-state index >= 15 is 0 Å². The minimum absolute atomic E-state index is 0.00912. The van der Waals surface area contributed by atoms with Crippen molar-refractivity contribution in [3.63, 3.8) is 0 Å². The lowest BCUT2D eigenvalue weighted by molar-refractivity contribution is -0.0307. The van der Waals surface area contributed by atoms with Crippen molar-refractivity contribution >= 4 is 16.1 Å². The summed E-state index contributed by atoms with van der Waals surface area (Å²) in [4.78, 5) is 22.7. The highest BCUT2D eigenvalue weighted by atomic mass is 32.2. The molecule has 2 aliphatic carbocycles. The van der Waals surface area contributed by atoms with Crippen LogP contribution in [0.15, 0.2) is 12.4 Å². The van der Waals surface area contributed by atoms with Crippen LogP contribution in [-0.4, -0.2) is 73.1 Å². The van der Waals surface area contributed by atoms with E-state index in [1.165, 1.54) is 12.4 Å². The van der Waals surface area contributed by atoms with Gasteiger partial charge in [0.25, 0.3) is 0 Å². The van der Waals surface area contributed by atoms with Crippen molar-refractivity contribution in [2.45, 2.75) is 82.1 Å². The van der Waals surface area contributed by atoms with Gasteiger partial charge in [-0.2, -0.15) is 0 Å². The van der Waals surface area contributed by atoms with Gasteiger partial charge >= 0.3 is 6.09 Å². The van der Waals surface area contributed by atoms with Gasteiger partial charge in [-0.25, -0.2) is 32.3 Å². The van der Waals surface area contributed by atoms with Gasteiger partial charge in [0.2, 0.25) is 10.0 Å².